The molecule has 4 rings (SSSR count). The first-order chi connectivity index (χ1) is 16.9. The van der Waals surface area contributed by atoms with Crippen LogP contribution in [0.2, 0.25) is 0 Å². The van der Waals surface area contributed by atoms with E-state index in [4.69, 9.17) is 9.47 Å². The van der Waals surface area contributed by atoms with Gasteiger partial charge in [0, 0.05) is 22.1 Å². The number of allylic oxidation sites excluding steroid dienone is 4. The van der Waals surface area contributed by atoms with Gasteiger partial charge in [-0.3, -0.25) is 19.7 Å². The molecule has 1 aromatic carbocycles. The number of ketones is 2. The van der Waals surface area contributed by atoms with Crippen LogP contribution in [0.15, 0.2) is 71.8 Å². The highest BCUT2D eigenvalue weighted by molar-refractivity contribution is 7.10. The second-order valence-electron chi connectivity index (χ2n) is 8.71. The number of nitrogens with zero attached hydrogens (tertiary/aromatic N) is 1. The summed E-state index contributed by atoms with van der Waals surface area (Å²) in [6.07, 6.45) is 9.13. The zero-order chi connectivity index (χ0) is 24.9. The minimum absolute atomic E-state index is 0.00847. The van der Waals surface area contributed by atoms with Crippen molar-refractivity contribution in [3.8, 4) is 5.75 Å². The van der Waals surface area contributed by atoms with E-state index in [1.54, 1.807) is 62.8 Å². The van der Waals surface area contributed by atoms with Crippen LogP contribution < -0.4 is 4.74 Å². The van der Waals surface area contributed by atoms with Crippen molar-refractivity contribution in [2.75, 3.05) is 14.2 Å². The van der Waals surface area contributed by atoms with E-state index in [0.717, 1.165) is 5.56 Å². The van der Waals surface area contributed by atoms with Crippen LogP contribution in [-0.4, -0.2) is 36.8 Å². The molecule has 7 nitrogen and oxygen atoms in total. The van der Waals surface area contributed by atoms with E-state index in [-0.39, 0.29) is 23.0 Å². The van der Waals surface area contributed by atoms with Crippen molar-refractivity contribution in [2.45, 2.75) is 24.8 Å². The molecule has 2 aliphatic carbocycles. The van der Waals surface area contributed by atoms with Crippen LogP contribution in [0, 0.1) is 27.9 Å². The van der Waals surface area contributed by atoms with Crippen molar-refractivity contribution in [2.24, 2.45) is 17.8 Å². The van der Waals surface area contributed by atoms with Crippen LogP contribution in [0.5, 0.6) is 5.75 Å². The van der Waals surface area contributed by atoms with Gasteiger partial charge < -0.3 is 9.47 Å². The molecule has 0 spiro atoms. The second kappa shape index (κ2) is 10.8. The molecule has 182 valence electrons. The SMILES string of the molecule is COC1=CCC([C@H]2CC(=O)C(C(=O)/C=C/c3ccc(OC)cc3)[C@H](c3cccs3)[C@H]2[N+](=O)[O-])C=C1. The van der Waals surface area contributed by atoms with E-state index in [1.807, 2.05) is 17.5 Å². The van der Waals surface area contributed by atoms with E-state index >= 15 is 0 Å². The molecular formula is C27H27NO6S. The van der Waals surface area contributed by atoms with E-state index in [9.17, 15) is 19.7 Å². The number of hydrogen-bond acceptors (Lipinski definition) is 7. The summed E-state index contributed by atoms with van der Waals surface area (Å²) >= 11 is 1.35. The first-order valence-electron chi connectivity index (χ1n) is 11.4. The van der Waals surface area contributed by atoms with E-state index in [1.165, 1.54) is 17.4 Å². The van der Waals surface area contributed by atoms with Gasteiger partial charge in [0.1, 0.15) is 17.3 Å². The molecular weight excluding hydrogens is 466 g/mol. The Kier molecular flexibility index (Phi) is 7.60. The maximum Gasteiger partial charge on any atom is 0.225 e. The fourth-order valence-corrected chi connectivity index (χ4v) is 5.97. The number of Topliss-reactive ketones (excluding diaryl/α,β-unsaturated/α-hetero) is 1. The van der Waals surface area contributed by atoms with Crippen molar-refractivity contribution in [3.05, 3.63) is 92.4 Å². The molecule has 1 heterocycles. The molecule has 1 saturated carbocycles. The molecule has 1 aromatic heterocycles. The van der Waals surface area contributed by atoms with Crippen molar-refractivity contribution in [3.63, 3.8) is 0 Å². The van der Waals surface area contributed by atoms with Crippen molar-refractivity contribution in [1.29, 1.82) is 0 Å². The molecule has 5 atom stereocenters. The van der Waals surface area contributed by atoms with Crippen LogP contribution in [0.3, 0.4) is 0 Å². The van der Waals surface area contributed by atoms with Crippen molar-refractivity contribution < 1.29 is 24.0 Å². The van der Waals surface area contributed by atoms with Gasteiger partial charge in [0.15, 0.2) is 5.78 Å². The molecule has 35 heavy (non-hydrogen) atoms. The summed E-state index contributed by atoms with van der Waals surface area (Å²) < 4.78 is 10.4. The van der Waals surface area contributed by atoms with Gasteiger partial charge in [-0.2, -0.15) is 0 Å². The summed E-state index contributed by atoms with van der Waals surface area (Å²) in [5.74, 6) is -1.85. The summed E-state index contributed by atoms with van der Waals surface area (Å²) in [4.78, 5) is 39.6. The maximum atomic E-state index is 13.4. The first kappa shape index (κ1) is 24.6. The summed E-state index contributed by atoms with van der Waals surface area (Å²) in [6, 6.07) is 9.69. The van der Waals surface area contributed by atoms with E-state index in [2.05, 4.69) is 0 Å². The third kappa shape index (κ3) is 5.27. The number of thiophene rings is 1. The molecule has 2 unspecified atom stereocenters. The van der Waals surface area contributed by atoms with Gasteiger partial charge in [-0.25, -0.2) is 0 Å². The summed E-state index contributed by atoms with van der Waals surface area (Å²) in [6.45, 7) is 0. The first-order valence-corrected chi connectivity index (χ1v) is 12.3. The molecule has 8 heteroatoms. The molecule has 2 aliphatic rings. The summed E-state index contributed by atoms with van der Waals surface area (Å²) in [7, 11) is 3.14. The van der Waals surface area contributed by atoms with E-state index in [0.29, 0.717) is 22.8 Å². The predicted octanol–water partition coefficient (Wildman–Crippen LogP) is 5.08. The van der Waals surface area contributed by atoms with Gasteiger partial charge in [-0.1, -0.05) is 30.4 Å². The molecule has 1 fully saturated rings. The lowest BCUT2D eigenvalue weighted by Gasteiger charge is -2.38. The lowest BCUT2D eigenvalue weighted by Crippen LogP contribution is -2.50. The normalized spacial score (nSPS) is 26.4. The quantitative estimate of drug-likeness (QED) is 0.220. The van der Waals surface area contributed by atoms with Gasteiger partial charge in [-0.05, 0) is 59.7 Å². The van der Waals surface area contributed by atoms with Crippen LogP contribution in [0.4, 0.5) is 0 Å². The average molecular weight is 494 g/mol. The number of nitro groups is 1. The standard InChI is InChI=1S/C27H27NO6S/c1-33-19-10-5-17(6-11-19)7-14-22(29)25-23(30)16-21(18-8-12-20(34-2)13-9-18)27(28(31)32)26(25)24-4-3-15-35-24/h3-8,10-15,18,21,25-27H,9,16H2,1-2H3/b14-7+/t18?,21-,25?,26+,27+/m1/s1. The molecule has 0 radical (unpaired) electrons. The zero-order valence-electron chi connectivity index (χ0n) is 19.5. The van der Waals surface area contributed by atoms with Gasteiger partial charge in [0.05, 0.1) is 26.1 Å². The number of methoxy groups -OCH3 is 2. The number of carbonyl (C=O) groups is 2. The highest BCUT2D eigenvalue weighted by atomic mass is 32.1. The van der Waals surface area contributed by atoms with Crippen LogP contribution in [0.25, 0.3) is 6.08 Å². The Bertz CT molecular complexity index is 1160. The zero-order valence-corrected chi connectivity index (χ0v) is 20.4. The molecule has 0 amide bonds. The Morgan fingerprint density at radius 1 is 1.17 bits per heavy atom. The van der Waals surface area contributed by atoms with Crippen LogP contribution >= 0.6 is 11.3 Å². The fourth-order valence-electron chi connectivity index (χ4n) is 5.07. The van der Waals surface area contributed by atoms with Crippen molar-refractivity contribution >= 4 is 29.0 Å². The summed E-state index contributed by atoms with van der Waals surface area (Å²) in [5.41, 5.74) is 0.770. The van der Waals surface area contributed by atoms with Gasteiger partial charge in [-0.15, -0.1) is 11.3 Å². The fraction of sp³-hybridized carbons (Fsp3) is 0.333. The maximum absolute atomic E-state index is 13.4. The number of benzene rings is 1. The molecule has 0 saturated heterocycles. The third-order valence-corrected chi connectivity index (χ3v) is 7.79. The lowest BCUT2D eigenvalue weighted by molar-refractivity contribution is -0.540. The number of hydrogen-bond donors (Lipinski definition) is 0. The predicted molar refractivity (Wildman–Crippen MR) is 134 cm³/mol. The van der Waals surface area contributed by atoms with Gasteiger partial charge >= 0.3 is 0 Å². The number of carbonyl (C=O) groups excluding carboxylic acids is 2. The smallest absolute Gasteiger partial charge is 0.225 e. The topological polar surface area (TPSA) is 95.7 Å². The Hall–Kier alpha value is -3.52. The minimum Gasteiger partial charge on any atom is -0.497 e. The highest BCUT2D eigenvalue weighted by Gasteiger charge is 2.55. The Balaban J connectivity index is 1.65. The lowest BCUT2D eigenvalue weighted by atomic mass is 9.63. The summed E-state index contributed by atoms with van der Waals surface area (Å²) in [5, 5.41) is 14.3. The van der Waals surface area contributed by atoms with Gasteiger partial charge in [0.25, 0.3) is 0 Å². The van der Waals surface area contributed by atoms with E-state index < -0.39 is 29.6 Å². The number of ether oxygens (including phenoxy) is 2. The van der Waals surface area contributed by atoms with Gasteiger partial charge in [0.2, 0.25) is 6.04 Å². The molecule has 0 bridgehead atoms. The van der Waals surface area contributed by atoms with Crippen LogP contribution in [-0.2, 0) is 14.3 Å². The van der Waals surface area contributed by atoms with Crippen molar-refractivity contribution in [1.82, 2.24) is 0 Å². The molecule has 0 N–H and O–H groups in total. The largest absolute Gasteiger partial charge is 0.497 e. The minimum atomic E-state index is -1.09. The van der Waals surface area contributed by atoms with Crippen LogP contribution in [0.1, 0.15) is 29.2 Å². The Morgan fingerprint density at radius 3 is 2.51 bits per heavy atom. The monoisotopic (exact) mass is 493 g/mol. The number of rotatable bonds is 8. The average Bonchev–Trinajstić information content (AvgIpc) is 3.41. The third-order valence-electron chi connectivity index (χ3n) is 6.81. The molecule has 0 aliphatic heterocycles. The Labute approximate surface area is 207 Å². The second-order valence-corrected chi connectivity index (χ2v) is 9.69. The Morgan fingerprint density at radius 2 is 1.94 bits per heavy atom. The molecule has 2 aromatic rings. The highest BCUT2D eigenvalue weighted by Crippen LogP contribution is 2.46.